The van der Waals surface area contributed by atoms with Gasteiger partial charge in [-0.1, -0.05) is 28.9 Å². The number of anilines is 1. The van der Waals surface area contributed by atoms with Crippen molar-refractivity contribution in [2.45, 2.75) is 20.8 Å². The minimum atomic E-state index is -0.0664. The second-order valence-electron chi connectivity index (χ2n) is 7.48. The Morgan fingerprint density at radius 2 is 1.66 bits per heavy atom. The number of aromatic nitrogens is 3. The van der Waals surface area contributed by atoms with E-state index in [1.807, 2.05) is 24.0 Å². The van der Waals surface area contributed by atoms with Gasteiger partial charge in [-0.05, 0) is 62.2 Å². The van der Waals surface area contributed by atoms with Gasteiger partial charge < -0.3 is 9.80 Å². The van der Waals surface area contributed by atoms with Crippen molar-refractivity contribution in [2.24, 2.45) is 0 Å². The molecule has 2 aromatic carbocycles. The van der Waals surface area contributed by atoms with E-state index >= 15 is 0 Å². The molecular weight excluding hydrogens is 386 g/mol. The molecule has 1 aliphatic heterocycles. The first-order valence-electron chi connectivity index (χ1n) is 9.74. The molecule has 0 radical (unpaired) electrons. The molecule has 1 aliphatic rings. The first kappa shape index (κ1) is 19.5. The minimum absolute atomic E-state index is 0.0664. The van der Waals surface area contributed by atoms with Gasteiger partial charge in [0.05, 0.1) is 11.4 Å². The fourth-order valence-electron chi connectivity index (χ4n) is 3.71. The predicted molar refractivity (Wildman–Crippen MR) is 115 cm³/mol. The quantitative estimate of drug-likeness (QED) is 0.660. The molecule has 1 saturated heterocycles. The largest absolute Gasteiger partial charge is 0.368 e. The van der Waals surface area contributed by atoms with Crippen LogP contribution in [-0.2, 0) is 0 Å². The van der Waals surface area contributed by atoms with Gasteiger partial charge in [-0.25, -0.2) is 4.68 Å². The average molecular weight is 410 g/mol. The van der Waals surface area contributed by atoms with Gasteiger partial charge in [-0.2, -0.15) is 0 Å². The fourth-order valence-corrected chi connectivity index (χ4v) is 3.84. The number of rotatable bonds is 3. The van der Waals surface area contributed by atoms with Crippen LogP contribution in [0.3, 0.4) is 0 Å². The third-order valence-corrected chi connectivity index (χ3v) is 5.69. The van der Waals surface area contributed by atoms with Crippen molar-refractivity contribution in [3.8, 4) is 5.69 Å². The summed E-state index contributed by atoms with van der Waals surface area (Å²) in [5.74, 6) is -0.0664. The van der Waals surface area contributed by atoms with E-state index in [0.29, 0.717) is 23.8 Å². The molecule has 3 aromatic rings. The van der Waals surface area contributed by atoms with Gasteiger partial charge in [0.25, 0.3) is 5.91 Å². The monoisotopic (exact) mass is 409 g/mol. The van der Waals surface area contributed by atoms with Gasteiger partial charge in [0.15, 0.2) is 5.69 Å². The Kier molecular flexibility index (Phi) is 5.28. The van der Waals surface area contributed by atoms with Crippen LogP contribution in [0.4, 0.5) is 5.69 Å². The first-order chi connectivity index (χ1) is 13.9. The number of benzene rings is 2. The molecule has 4 rings (SSSR count). The van der Waals surface area contributed by atoms with E-state index in [1.165, 1.54) is 16.8 Å². The fraction of sp³-hybridized carbons (Fsp3) is 0.318. The van der Waals surface area contributed by atoms with E-state index < -0.39 is 0 Å². The summed E-state index contributed by atoms with van der Waals surface area (Å²) in [4.78, 5) is 17.3. The Labute approximate surface area is 175 Å². The molecule has 150 valence electrons. The van der Waals surface area contributed by atoms with Crippen LogP contribution in [0.1, 0.15) is 27.3 Å². The highest BCUT2D eigenvalue weighted by molar-refractivity contribution is 6.30. The summed E-state index contributed by atoms with van der Waals surface area (Å²) >= 11 is 5.96. The third-order valence-electron chi connectivity index (χ3n) is 5.44. The summed E-state index contributed by atoms with van der Waals surface area (Å²) in [6, 6.07) is 13.8. The van der Waals surface area contributed by atoms with Gasteiger partial charge in [0, 0.05) is 36.9 Å². The summed E-state index contributed by atoms with van der Waals surface area (Å²) in [7, 11) is 0. The van der Waals surface area contributed by atoms with Crippen LogP contribution in [0, 0.1) is 20.8 Å². The molecule has 7 heteroatoms. The van der Waals surface area contributed by atoms with Crippen LogP contribution >= 0.6 is 11.6 Å². The number of hydrogen-bond donors (Lipinski definition) is 0. The molecule has 2 heterocycles. The van der Waals surface area contributed by atoms with Gasteiger partial charge in [-0.3, -0.25) is 4.79 Å². The van der Waals surface area contributed by atoms with E-state index in [1.54, 1.807) is 16.8 Å². The molecule has 0 N–H and O–H groups in total. The molecule has 0 unspecified atom stereocenters. The summed E-state index contributed by atoms with van der Waals surface area (Å²) in [5, 5.41) is 9.01. The van der Waals surface area contributed by atoms with Crippen LogP contribution in [-0.4, -0.2) is 52.0 Å². The number of nitrogens with zero attached hydrogens (tertiary/aromatic N) is 5. The summed E-state index contributed by atoms with van der Waals surface area (Å²) in [5.41, 5.74) is 5.73. The minimum Gasteiger partial charge on any atom is -0.368 e. The van der Waals surface area contributed by atoms with Crippen LogP contribution < -0.4 is 4.90 Å². The van der Waals surface area contributed by atoms with Gasteiger partial charge in [0.2, 0.25) is 0 Å². The Hall–Kier alpha value is -2.86. The number of hydrogen-bond acceptors (Lipinski definition) is 4. The number of halogens is 1. The van der Waals surface area contributed by atoms with E-state index in [2.05, 4.69) is 47.3 Å². The molecule has 0 saturated carbocycles. The predicted octanol–water partition coefficient (Wildman–Crippen LogP) is 3.81. The van der Waals surface area contributed by atoms with Gasteiger partial charge >= 0.3 is 0 Å². The lowest BCUT2D eigenvalue weighted by Gasteiger charge is -2.36. The lowest BCUT2D eigenvalue weighted by Crippen LogP contribution is -2.49. The molecule has 1 amide bonds. The second-order valence-corrected chi connectivity index (χ2v) is 7.92. The van der Waals surface area contributed by atoms with Crippen LogP contribution in [0.2, 0.25) is 5.02 Å². The first-order valence-corrected chi connectivity index (χ1v) is 10.1. The number of amides is 1. The maximum Gasteiger partial charge on any atom is 0.276 e. The Balaban J connectivity index is 1.48. The van der Waals surface area contributed by atoms with Crippen LogP contribution in [0.5, 0.6) is 0 Å². The standard InChI is InChI=1S/C22H24ClN5O/c1-15-4-5-16(2)20(14-15)26-10-12-27(13-11-26)22(29)21-17(3)28(25-24-21)19-8-6-18(23)7-9-19/h4-9,14H,10-13H2,1-3H3. The third kappa shape index (κ3) is 3.85. The van der Waals surface area contributed by atoms with Crippen molar-refractivity contribution >= 4 is 23.2 Å². The van der Waals surface area contributed by atoms with Crippen molar-refractivity contribution in [2.75, 3.05) is 31.1 Å². The lowest BCUT2D eigenvalue weighted by atomic mass is 10.1. The molecule has 0 aliphatic carbocycles. The van der Waals surface area contributed by atoms with Crippen molar-refractivity contribution in [3.05, 3.63) is 70.0 Å². The average Bonchev–Trinajstić information content (AvgIpc) is 3.11. The zero-order valence-electron chi connectivity index (χ0n) is 16.9. The van der Waals surface area contributed by atoms with Crippen molar-refractivity contribution in [1.29, 1.82) is 0 Å². The van der Waals surface area contributed by atoms with E-state index in [-0.39, 0.29) is 5.91 Å². The van der Waals surface area contributed by atoms with Gasteiger partial charge in [-0.15, -0.1) is 5.10 Å². The zero-order chi connectivity index (χ0) is 20.5. The normalized spacial score (nSPS) is 14.3. The summed E-state index contributed by atoms with van der Waals surface area (Å²) < 4.78 is 1.68. The van der Waals surface area contributed by atoms with Crippen molar-refractivity contribution in [1.82, 2.24) is 19.9 Å². The SMILES string of the molecule is Cc1ccc(C)c(N2CCN(C(=O)c3nnn(-c4ccc(Cl)cc4)c3C)CC2)c1. The number of carbonyl (C=O) groups is 1. The zero-order valence-corrected chi connectivity index (χ0v) is 17.6. The highest BCUT2D eigenvalue weighted by Gasteiger charge is 2.27. The smallest absolute Gasteiger partial charge is 0.276 e. The van der Waals surface area contributed by atoms with Gasteiger partial charge in [0.1, 0.15) is 0 Å². The molecule has 29 heavy (non-hydrogen) atoms. The molecule has 1 fully saturated rings. The van der Waals surface area contributed by atoms with E-state index in [0.717, 1.165) is 24.5 Å². The molecule has 6 nitrogen and oxygen atoms in total. The molecular formula is C22H24ClN5O. The topological polar surface area (TPSA) is 54.3 Å². The summed E-state index contributed by atoms with van der Waals surface area (Å²) in [6.45, 7) is 9.05. The second kappa shape index (κ2) is 7.87. The summed E-state index contributed by atoms with van der Waals surface area (Å²) in [6.07, 6.45) is 0. The van der Waals surface area contributed by atoms with E-state index in [4.69, 9.17) is 11.6 Å². The molecule has 1 aromatic heterocycles. The van der Waals surface area contributed by atoms with E-state index in [9.17, 15) is 4.79 Å². The maximum absolute atomic E-state index is 13.1. The number of carbonyl (C=O) groups excluding carboxylic acids is 1. The highest BCUT2D eigenvalue weighted by atomic mass is 35.5. The molecule has 0 atom stereocenters. The van der Waals surface area contributed by atoms with Crippen LogP contribution in [0.25, 0.3) is 5.69 Å². The highest BCUT2D eigenvalue weighted by Crippen LogP contribution is 2.23. The number of piperazine rings is 1. The Bertz CT molecular complexity index is 1040. The lowest BCUT2D eigenvalue weighted by molar-refractivity contribution is 0.0740. The maximum atomic E-state index is 13.1. The molecule has 0 spiro atoms. The number of aryl methyl sites for hydroxylation is 2. The van der Waals surface area contributed by atoms with Crippen molar-refractivity contribution < 1.29 is 4.79 Å². The Morgan fingerprint density at radius 3 is 2.34 bits per heavy atom. The van der Waals surface area contributed by atoms with Crippen LogP contribution in [0.15, 0.2) is 42.5 Å². The molecule has 0 bridgehead atoms. The Morgan fingerprint density at radius 1 is 0.966 bits per heavy atom. The van der Waals surface area contributed by atoms with Crippen molar-refractivity contribution in [3.63, 3.8) is 0 Å².